The van der Waals surface area contributed by atoms with Gasteiger partial charge in [-0.15, -0.1) is 0 Å². The van der Waals surface area contributed by atoms with Crippen LogP contribution in [0.4, 0.5) is 0 Å². The maximum Gasteiger partial charge on any atom is 0.472 e. The summed E-state index contributed by atoms with van der Waals surface area (Å²) in [5.74, 6) is -1.01. The third kappa shape index (κ3) is 50.9. The highest BCUT2D eigenvalue weighted by molar-refractivity contribution is 7.47. The molecule has 0 aromatic rings. The van der Waals surface area contributed by atoms with Crippen molar-refractivity contribution in [3.63, 3.8) is 0 Å². The van der Waals surface area contributed by atoms with Crippen molar-refractivity contribution in [3.8, 4) is 0 Å². The number of carbonyl (C=O) groups is 2. The first-order valence-electron chi connectivity index (χ1n) is 25.0. The fourth-order valence-electron chi connectivity index (χ4n) is 5.84. The Balaban J connectivity index is 4.20. The summed E-state index contributed by atoms with van der Waals surface area (Å²) in [5.41, 5.74) is 5.35. The van der Waals surface area contributed by atoms with E-state index in [2.05, 4.69) is 154 Å². The number of unbranched alkanes of at least 4 members (excludes halogenated alkanes) is 6. The molecule has 10 heteroatoms. The highest BCUT2D eigenvalue weighted by Gasteiger charge is 2.25. The van der Waals surface area contributed by atoms with E-state index in [4.69, 9.17) is 24.3 Å². The zero-order valence-corrected chi connectivity index (χ0v) is 42.2. The zero-order valence-electron chi connectivity index (χ0n) is 41.3. The minimum atomic E-state index is -4.42. The van der Waals surface area contributed by atoms with Gasteiger partial charge in [0.2, 0.25) is 0 Å². The van der Waals surface area contributed by atoms with Crippen LogP contribution in [0.25, 0.3) is 0 Å². The summed E-state index contributed by atoms with van der Waals surface area (Å²) >= 11 is 0. The molecule has 0 saturated heterocycles. The normalized spacial score (nSPS) is 14.5. The average Bonchev–Trinajstić information content (AvgIpc) is 3.32. The number of carbonyl (C=O) groups excluding carboxylic acids is 2. The first-order chi connectivity index (χ1) is 32.8. The topological polar surface area (TPSA) is 134 Å². The molecule has 0 rings (SSSR count). The van der Waals surface area contributed by atoms with Crippen LogP contribution in [0.1, 0.15) is 155 Å². The second kappa shape index (κ2) is 51.0. The molecule has 9 nitrogen and oxygen atoms in total. The van der Waals surface area contributed by atoms with Crippen LogP contribution in [-0.4, -0.2) is 49.3 Å². The Hall–Kier alpha value is -4.37. The van der Waals surface area contributed by atoms with Crippen molar-refractivity contribution in [1.29, 1.82) is 0 Å². The standard InChI is InChI=1S/C57H88NO8P/c1-3-5-7-9-11-13-15-17-19-20-21-22-23-24-25-26-27-28-29-30-31-32-33-34-36-38-40-42-44-46-48-50-57(60)66-55(54-65-67(61,62)64-52-51-58)53-63-56(59)49-47-45-43-41-39-37-35-18-16-14-12-10-8-6-4-2/h5-8,11-14,17-19,21-22,24-25,27-28,30-31,33-35,39,41,45,47,55H,3-4,9-10,15-16,20,23,26,29,32,36-38,40,42-44,46,48-54,58H2,1-2H3,(H,61,62)/b7-5-,8-6-,13-11-,14-12-,19-17-,22-21-,25-24-,28-27-,31-30-,34-33-,35-18-,41-39-,47-45-. The first-order valence-corrected chi connectivity index (χ1v) is 26.5. The van der Waals surface area contributed by atoms with Gasteiger partial charge in [0.15, 0.2) is 6.10 Å². The number of allylic oxidation sites excluding steroid dienone is 25. The van der Waals surface area contributed by atoms with Gasteiger partial charge in [-0.05, 0) is 103 Å². The van der Waals surface area contributed by atoms with E-state index in [1.807, 2.05) is 12.2 Å². The predicted molar refractivity (Wildman–Crippen MR) is 283 cm³/mol. The first kappa shape index (κ1) is 62.6. The molecule has 3 N–H and O–H groups in total. The van der Waals surface area contributed by atoms with Crippen molar-refractivity contribution in [3.05, 3.63) is 158 Å². The molecule has 0 aromatic carbocycles. The van der Waals surface area contributed by atoms with Gasteiger partial charge in [-0.1, -0.05) is 198 Å². The lowest BCUT2D eigenvalue weighted by Crippen LogP contribution is -2.29. The second-order valence-electron chi connectivity index (χ2n) is 15.6. The van der Waals surface area contributed by atoms with Crippen LogP contribution in [0.5, 0.6) is 0 Å². The molecule has 0 aliphatic heterocycles. The van der Waals surface area contributed by atoms with Gasteiger partial charge in [-0.25, -0.2) is 4.57 Å². The molecular weight excluding hydrogens is 858 g/mol. The molecule has 0 saturated carbocycles. The molecule has 2 atom stereocenters. The van der Waals surface area contributed by atoms with E-state index in [0.29, 0.717) is 12.8 Å². The van der Waals surface area contributed by atoms with E-state index >= 15 is 0 Å². The van der Waals surface area contributed by atoms with Crippen LogP contribution in [0.15, 0.2) is 158 Å². The molecule has 0 aromatic heterocycles. The van der Waals surface area contributed by atoms with E-state index in [-0.39, 0.29) is 32.6 Å². The summed E-state index contributed by atoms with van der Waals surface area (Å²) in [7, 11) is -4.42. The summed E-state index contributed by atoms with van der Waals surface area (Å²) < 4.78 is 32.7. The lowest BCUT2D eigenvalue weighted by molar-refractivity contribution is -0.160. The van der Waals surface area contributed by atoms with Crippen molar-refractivity contribution >= 4 is 19.8 Å². The van der Waals surface area contributed by atoms with Crippen molar-refractivity contribution in [2.24, 2.45) is 5.73 Å². The maximum absolute atomic E-state index is 12.6. The Morgan fingerprint density at radius 2 is 0.821 bits per heavy atom. The number of phosphoric ester groups is 1. The Bertz CT molecular complexity index is 1640. The minimum Gasteiger partial charge on any atom is -0.461 e. The van der Waals surface area contributed by atoms with E-state index in [1.165, 1.54) is 0 Å². The van der Waals surface area contributed by atoms with E-state index in [0.717, 1.165) is 116 Å². The van der Waals surface area contributed by atoms with Gasteiger partial charge in [0.1, 0.15) is 6.61 Å². The zero-order chi connectivity index (χ0) is 48.8. The van der Waals surface area contributed by atoms with Crippen molar-refractivity contribution in [1.82, 2.24) is 0 Å². The largest absolute Gasteiger partial charge is 0.472 e. The van der Waals surface area contributed by atoms with Crippen molar-refractivity contribution in [2.75, 3.05) is 26.4 Å². The second-order valence-corrected chi connectivity index (χ2v) is 17.0. The number of hydrogen-bond donors (Lipinski definition) is 2. The molecule has 0 bridgehead atoms. The summed E-state index contributed by atoms with van der Waals surface area (Å²) in [6.45, 7) is 3.33. The maximum atomic E-state index is 12.6. The quantitative estimate of drug-likeness (QED) is 0.0265. The smallest absolute Gasteiger partial charge is 0.461 e. The molecule has 0 heterocycles. The molecule has 67 heavy (non-hydrogen) atoms. The Morgan fingerprint density at radius 1 is 0.463 bits per heavy atom. The Labute approximate surface area is 407 Å². The minimum absolute atomic E-state index is 0.0297. The molecule has 2 unspecified atom stereocenters. The van der Waals surface area contributed by atoms with E-state index in [1.54, 1.807) is 6.08 Å². The molecule has 374 valence electrons. The molecule has 0 aliphatic rings. The van der Waals surface area contributed by atoms with E-state index in [9.17, 15) is 19.0 Å². The number of phosphoric acid groups is 1. The third-order valence-electron chi connectivity index (χ3n) is 9.44. The number of hydrogen-bond acceptors (Lipinski definition) is 8. The third-order valence-corrected chi connectivity index (χ3v) is 10.4. The summed E-state index contributed by atoms with van der Waals surface area (Å²) in [6.07, 6.45) is 74.6. The van der Waals surface area contributed by atoms with Crippen LogP contribution in [0, 0.1) is 0 Å². The van der Waals surface area contributed by atoms with Crippen LogP contribution in [0.2, 0.25) is 0 Å². The Morgan fingerprint density at radius 3 is 1.22 bits per heavy atom. The lowest BCUT2D eigenvalue weighted by atomic mass is 10.1. The molecule has 0 fully saturated rings. The van der Waals surface area contributed by atoms with Crippen molar-refractivity contribution < 1.29 is 37.6 Å². The number of esters is 2. The average molecular weight is 946 g/mol. The summed E-state index contributed by atoms with van der Waals surface area (Å²) in [6, 6.07) is 0. The number of ether oxygens (including phenoxy) is 2. The highest BCUT2D eigenvalue weighted by Crippen LogP contribution is 2.43. The number of nitrogens with two attached hydrogens (primary N) is 1. The van der Waals surface area contributed by atoms with Crippen LogP contribution >= 0.6 is 7.82 Å². The van der Waals surface area contributed by atoms with Gasteiger partial charge in [0, 0.05) is 13.0 Å². The predicted octanol–water partition coefficient (Wildman–Crippen LogP) is 15.4. The fraction of sp³-hybridized carbons (Fsp3) is 0.509. The van der Waals surface area contributed by atoms with Crippen LogP contribution < -0.4 is 5.73 Å². The van der Waals surface area contributed by atoms with Gasteiger partial charge >= 0.3 is 19.8 Å². The van der Waals surface area contributed by atoms with Crippen molar-refractivity contribution in [2.45, 2.75) is 161 Å². The van der Waals surface area contributed by atoms with Gasteiger partial charge in [-0.2, -0.15) is 0 Å². The van der Waals surface area contributed by atoms with Gasteiger partial charge in [-0.3, -0.25) is 18.6 Å². The molecule has 0 amide bonds. The van der Waals surface area contributed by atoms with Gasteiger partial charge in [0.25, 0.3) is 0 Å². The SMILES string of the molecule is CC/C=C\C/C=C\C/C=C\C/C=C\C/C=C\C/C=C\C/C=C\C/C=C\CCCCCCCCC(=O)OC(COC(=O)C/C=C\C/C=C\C/C=C\C/C=C\C/C=C\CC)COP(=O)(O)OCCN. The summed E-state index contributed by atoms with van der Waals surface area (Å²) in [4.78, 5) is 34.9. The molecular formula is C57H88NO8P. The Kier molecular flexibility index (Phi) is 47.7. The monoisotopic (exact) mass is 946 g/mol. The molecule has 0 radical (unpaired) electrons. The summed E-state index contributed by atoms with van der Waals surface area (Å²) in [5, 5.41) is 0. The fourth-order valence-corrected chi connectivity index (χ4v) is 6.60. The van der Waals surface area contributed by atoms with Crippen LogP contribution in [-0.2, 0) is 32.7 Å². The molecule has 0 aliphatic carbocycles. The number of rotatable bonds is 44. The lowest BCUT2D eigenvalue weighted by Gasteiger charge is -2.19. The van der Waals surface area contributed by atoms with Crippen LogP contribution in [0.3, 0.4) is 0 Å². The molecule has 0 spiro atoms. The van der Waals surface area contributed by atoms with Gasteiger partial charge in [0.05, 0.1) is 19.6 Å². The van der Waals surface area contributed by atoms with Gasteiger partial charge < -0.3 is 20.1 Å². The highest BCUT2D eigenvalue weighted by atomic mass is 31.2. The van der Waals surface area contributed by atoms with E-state index < -0.39 is 32.5 Å².